The maximum absolute atomic E-state index is 14.5. The van der Waals surface area contributed by atoms with Crippen LogP contribution in [-0.2, 0) is 6.54 Å². The zero-order chi connectivity index (χ0) is 33.4. The summed E-state index contributed by atoms with van der Waals surface area (Å²) in [4.78, 5) is 37.1. The van der Waals surface area contributed by atoms with Gasteiger partial charge >= 0.3 is 5.97 Å². The van der Waals surface area contributed by atoms with Gasteiger partial charge in [0.25, 0.3) is 5.91 Å². The number of carbonyl (C=O) groups excluding carboxylic acids is 1. The molecular formula is C38H33Cl2N5O3. The molecule has 1 saturated heterocycles. The van der Waals surface area contributed by atoms with Crippen molar-refractivity contribution in [3.05, 3.63) is 130 Å². The maximum Gasteiger partial charge on any atom is 0.335 e. The summed E-state index contributed by atoms with van der Waals surface area (Å²) in [6.07, 6.45) is 4.03. The first kappa shape index (κ1) is 31.7. The van der Waals surface area contributed by atoms with Crippen LogP contribution in [0.2, 0.25) is 10.0 Å². The first-order chi connectivity index (χ1) is 23.3. The minimum absolute atomic E-state index is 0.0975. The van der Waals surface area contributed by atoms with E-state index >= 15 is 0 Å². The lowest BCUT2D eigenvalue weighted by Crippen LogP contribution is -2.21. The second-order valence-electron chi connectivity index (χ2n) is 12.1. The molecule has 7 rings (SSSR count). The van der Waals surface area contributed by atoms with Gasteiger partial charge in [0.2, 0.25) is 0 Å². The highest BCUT2D eigenvalue weighted by Gasteiger charge is 2.28. The van der Waals surface area contributed by atoms with Crippen LogP contribution in [-0.4, -0.2) is 49.5 Å². The summed E-state index contributed by atoms with van der Waals surface area (Å²) < 4.78 is 2.07. The molecule has 242 valence electrons. The van der Waals surface area contributed by atoms with Gasteiger partial charge in [0.1, 0.15) is 5.69 Å². The van der Waals surface area contributed by atoms with Gasteiger partial charge in [-0.05, 0) is 80.4 Å². The Balaban J connectivity index is 1.40. The third kappa shape index (κ3) is 6.22. The second-order valence-corrected chi connectivity index (χ2v) is 13.0. The predicted molar refractivity (Wildman–Crippen MR) is 191 cm³/mol. The van der Waals surface area contributed by atoms with E-state index in [2.05, 4.69) is 26.7 Å². The summed E-state index contributed by atoms with van der Waals surface area (Å²) in [7, 11) is 0. The van der Waals surface area contributed by atoms with Crippen LogP contribution >= 0.6 is 23.2 Å². The number of H-pyrrole nitrogens is 1. The van der Waals surface area contributed by atoms with Crippen LogP contribution in [0.3, 0.4) is 0 Å². The quantitative estimate of drug-likeness (QED) is 0.142. The topological polar surface area (TPSA) is 103 Å². The van der Waals surface area contributed by atoms with Gasteiger partial charge in [0.15, 0.2) is 0 Å². The van der Waals surface area contributed by atoms with E-state index < -0.39 is 11.9 Å². The molecule has 48 heavy (non-hydrogen) atoms. The molecular weight excluding hydrogens is 645 g/mol. The highest BCUT2D eigenvalue weighted by atomic mass is 35.5. The van der Waals surface area contributed by atoms with Crippen LogP contribution in [0.15, 0.2) is 97.3 Å². The monoisotopic (exact) mass is 677 g/mol. The number of benzene rings is 4. The number of hydrogen-bond acceptors (Lipinski definition) is 4. The van der Waals surface area contributed by atoms with Crippen molar-refractivity contribution in [2.45, 2.75) is 32.4 Å². The zero-order valence-electron chi connectivity index (χ0n) is 26.2. The number of nitrogens with zero attached hydrogens (tertiary/aromatic N) is 3. The molecule has 1 aliphatic heterocycles. The number of amides is 1. The largest absolute Gasteiger partial charge is 0.478 e. The van der Waals surface area contributed by atoms with Crippen molar-refractivity contribution in [3.8, 4) is 22.5 Å². The van der Waals surface area contributed by atoms with Gasteiger partial charge in [0.05, 0.1) is 29.3 Å². The molecule has 1 aliphatic rings. The number of aromatic nitrogens is 3. The van der Waals surface area contributed by atoms with Crippen LogP contribution in [0, 0.1) is 0 Å². The molecule has 0 bridgehead atoms. The lowest BCUT2D eigenvalue weighted by Gasteiger charge is -2.20. The van der Waals surface area contributed by atoms with E-state index in [0.29, 0.717) is 44.7 Å². The predicted octanol–water partition coefficient (Wildman–Crippen LogP) is 9.16. The molecule has 6 aromatic rings. The standard InChI is InChI=1S/C38H33Cl2N5O3/c1-23(24-11-13-28(39)14-12-24)45-22-41-34(25-7-3-2-4-8-25)36(45)33-30-16-15-29(40)20-32(30)42-35(33)37(46)43-31-19-26(38(47)48)9-10-27(31)21-44-17-5-6-18-44/h2-4,7-16,19-20,22-23,42H,5-6,17-18,21H2,1H3,(H,43,46)(H,47,48)/t23-/m0/s1. The van der Waals surface area contributed by atoms with Crippen LogP contribution in [0.5, 0.6) is 0 Å². The van der Waals surface area contributed by atoms with E-state index in [-0.39, 0.29) is 11.6 Å². The Morgan fingerprint density at radius 3 is 2.40 bits per heavy atom. The van der Waals surface area contributed by atoms with Gasteiger partial charge in [0, 0.05) is 44.3 Å². The number of hydrogen-bond donors (Lipinski definition) is 3. The van der Waals surface area contributed by atoms with Gasteiger partial charge in [-0.2, -0.15) is 0 Å². The van der Waals surface area contributed by atoms with Crippen molar-refractivity contribution < 1.29 is 14.7 Å². The van der Waals surface area contributed by atoms with Crippen molar-refractivity contribution >= 4 is 51.7 Å². The molecule has 10 heteroatoms. The average molecular weight is 679 g/mol. The smallest absolute Gasteiger partial charge is 0.335 e. The Hall–Kier alpha value is -4.89. The number of imidazole rings is 1. The normalized spacial score (nSPS) is 14.0. The Morgan fingerprint density at radius 2 is 1.67 bits per heavy atom. The number of aromatic carboxylic acids is 1. The number of carboxylic acid groups (broad SMARTS) is 1. The minimum atomic E-state index is -1.06. The zero-order valence-corrected chi connectivity index (χ0v) is 27.7. The second kappa shape index (κ2) is 13.3. The Kier molecular flexibility index (Phi) is 8.79. The van der Waals surface area contributed by atoms with Gasteiger partial charge in [-0.15, -0.1) is 0 Å². The molecule has 2 aromatic heterocycles. The number of carbonyl (C=O) groups is 2. The number of fused-ring (bicyclic) bond motifs is 1. The van der Waals surface area contributed by atoms with Crippen LogP contribution in [0.1, 0.15) is 57.8 Å². The van der Waals surface area contributed by atoms with Gasteiger partial charge in [-0.25, -0.2) is 9.78 Å². The van der Waals surface area contributed by atoms with Crippen molar-refractivity contribution in [2.24, 2.45) is 0 Å². The fourth-order valence-electron chi connectivity index (χ4n) is 6.53. The third-order valence-corrected chi connectivity index (χ3v) is 9.52. The molecule has 0 aliphatic carbocycles. The number of likely N-dealkylation sites (tertiary alicyclic amines) is 1. The fraction of sp³-hybridized carbons (Fsp3) is 0.184. The van der Waals surface area contributed by atoms with Crippen LogP contribution in [0.4, 0.5) is 5.69 Å². The van der Waals surface area contributed by atoms with E-state index in [1.165, 1.54) is 6.07 Å². The minimum Gasteiger partial charge on any atom is -0.478 e. The number of rotatable bonds is 9. The highest BCUT2D eigenvalue weighted by Crippen LogP contribution is 2.41. The molecule has 0 saturated carbocycles. The van der Waals surface area contributed by atoms with E-state index in [0.717, 1.165) is 53.7 Å². The lowest BCUT2D eigenvalue weighted by molar-refractivity contribution is 0.0696. The Bertz CT molecular complexity index is 2130. The summed E-state index contributed by atoms with van der Waals surface area (Å²) in [5.41, 5.74) is 6.43. The van der Waals surface area contributed by atoms with Gasteiger partial charge in [-0.1, -0.05) is 77.8 Å². The molecule has 1 fully saturated rings. The Morgan fingerprint density at radius 1 is 0.938 bits per heavy atom. The third-order valence-electron chi connectivity index (χ3n) is 9.03. The molecule has 3 N–H and O–H groups in total. The molecule has 0 unspecified atom stereocenters. The lowest BCUT2D eigenvalue weighted by atomic mass is 9.99. The summed E-state index contributed by atoms with van der Waals surface area (Å²) in [5, 5.41) is 14.8. The van der Waals surface area contributed by atoms with Crippen molar-refractivity contribution in [2.75, 3.05) is 18.4 Å². The van der Waals surface area contributed by atoms with E-state index in [1.54, 1.807) is 30.6 Å². The fourth-order valence-corrected chi connectivity index (χ4v) is 6.83. The number of carboxylic acids is 1. The molecule has 1 atom stereocenters. The van der Waals surface area contributed by atoms with Crippen LogP contribution < -0.4 is 5.32 Å². The highest BCUT2D eigenvalue weighted by molar-refractivity contribution is 6.31. The van der Waals surface area contributed by atoms with Crippen molar-refractivity contribution in [1.29, 1.82) is 0 Å². The number of anilines is 1. The molecule has 0 spiro atoms. The number of halogens is 2. The summed E-state index contributed by atoms with van der Waals surface area (Å²) >= 11 is 12.7. The maximum atomic E-state index is 14.5. The van der Waals surface area contributed by atoms with Crippen molar-refractivity contribution in [3.63, 3.8) is 0 Å². The summed E-state index contributed by atoms with van der Waals surface area (Å²) in [6.45, 7) is 4.60. The molecule has 8 nitrogen and oxygen atoms in total. The number of aromatic amines is 1. The first-order valence-electron chi connectivity index (χ1n) is 15.9. The summed E-state index contributed by atoms with van der Waals surface area (Å²) in [5.74, 6) is -1.47. The van der Waals surface area contributed by atoms with Crippen molar-refractivity contribution in [1.82, 2.24) is 19.4 Å². The van der Waals surface area contributed by atoms with E-state index in [1.807, 2.05) is 60.7 Å². The molecule has 4 aromatic carbocycles. The van der Waals surface area contributed by atoms with Crippen LogP contribution in [0.25, 0.3) is 33.4 Å². The average Bonchev–Trinajstić information content (AvgIpc) is 3.84. The first-order valence-corrected chi connectivity index (χ1v) is 16.6. The SMILES string of the molecule is C[C@@H](c1ccc(Cl)cc1)n1cnc(-c2ccccc2)c1-c1c(C(=O)Nc2cc(C(=O)O)ccc2CN2CCCC2)[nH]c2cc(Cl)ccc12. The molecule has 1 amide bonds. The summed E-state index contributed by atoms with van der Waals surface area (Å²) in [6, 6.07) is 27.8. The van der Waals surface area contributed by atoms with Gasteiger partial charge in [-0.3, -0.25) is 9.69 Å². The van der Waals surface area contributed by atoms with E-state index in [9.17, 15) is 14.7 Å². The van der Waals surface area contributed by atoms with Gasteiger partial charge < -0.3 is 20.0 Å². The Labute approximate surface area is 288 Å². The molecule has 3 heterocycles. The number of nitrogens with one attached hydrogen (secondary N) is 2. The van der Waals surface area contributed by atoms with E-state index in [4.69, 9.17) is 28.2 Å². The molecule has 0 radical (unpaired) electrons.